The summed E-state index contributed by atoms with van der Waals surface area (Å²) in [5.41, 5.74) is 0.952. The average Bonchev–Trinajstić information content (AvgIpc) is 2.91. The van der Waals surface area contributed by atoms with E-state index in [4.69, 9.17) is 16.3 Å². The second-order valence-corrected chi connectivity index (χ2v) is 7.03. The molecule has 2 amide bonds. The van der Waals surface area contributed by atoms with E-state index >= 15 is 0 Å². The van der Waals surface area contributed by atoms with Gasteiger partial charge in [0.1, 0.15) is 5.82 Å². The highest BCUT2D eigenvalue weighted by Gasteiger charge is 2.41. The minimum absolute atomic E-state index is 0.0822. The highest BCUT2D eigenvalue weighted by molar-refractivity contribution is 6.31. The molecule has 3 rings (SSSR count). The minimum atomic E-state index is -0.377. The van der Waals surface area contributed by atoms with Gasteiger partial charge >= 0.3 is 6.03 Å². The molecule has 2 aliphatic rings. The molecule has 0 unspecified atom stereocenters. The number of nitrogens with one attached hydrogen (secondary N) is 1. The number of amides is 2. The van der Waals surface area contributed by atoms with Crippen LogP contribution < -0.4 is 5.32 Å². The van der Waals surface area contributed by atoms with E-state index in [-0.39, 0.29) is 23.3 Å². The van der Waals surface area contributed by atoms with Crippen molar-refractivity contribution < 1.29 is 13.9 Å². The summed E-state index contributed by atoms with van der Waals surface area (Å²) in [5, 5.41) is 3.30. The Morgan fingerprint density at radius 2 is 2.13 bits per heavy atom. The fraction of sp³-hybridized carbons (Fsp3) is 0.588. The van der Waals surface area contributed by atoms with E-state index in [0.717, 1.165) is 51.1 Å². The Kier molecular flexibility index (Phi) is 4.78. The lowest BCUT2D eigenvalue weighted by molar-refractivity contribution is 0.0208. The summed E-state index contributed by atoms with van der Waals surface area (Å²) in [4.78, 5) is 14.4. The van der Waals surface area contributed by atoms with Gasteiger partial charge in [0, 0.05) is 31.3 Å². The van der Waals surface area contributed by atoms with E-state index in [1.54, 1.807) is 6.07 Å². The Labute approximate surface area is 140 Å². The number of ether oxygens (including phenoxy) is 1. The number of carbonyl (C=O) groups excluding carboxylic acids is 1. The Balaban J connectivity index is 1.61. The van der Waals surface area contributed by atoms with E-state index in [0.29, 0.717) is 5.02 Å². The number of benzene rings is 1. The molecule has 0 radical (unpaired) electrons. The third-order valence-electron chi connectivity index (χ3n) is 5.05. The number of nitrogens with zero attached hydrogens (tertiary/aromatic N) is 1. The van der Waals surface area contributed by atoms with Crippen molar-refractivity contribution in [2.24, 2.45) is 5.41 Å². The zero-order valence-electron chi connectivity index (χ0n) is 13.3. The summed E-state index contributed by atoms with van der Waals surface area (Å²) >= 11 is 6.07. The van der Waals surface area contributed by atoms with Crippen LogP contribution in [0.15, 0.2) is 18.2 Å². The van der Waals surface area contributed by atoms with Crippen LogP contribution in [0, 0.1) is 11.2 Å². The lowest BCUT2D eigenvalue weighted by atomic mass is 9.80. The predicted octanol–water partition coefficient (Wildman–Crippen LogP) is 3.75. The van der Waals surface area contributed by atoms with Crippen molar-refractivity contribution >= 4 is 17.6 Å². The van der Waals surface area contributed by atoms with Gasteiger partial charge in [0.2, 0.25) is 0 Å². The fourth-order valence-corrected chi connectivity index (χ4v) is 3.86. The zero-order chi connectivity index (χ0) is 16.4. The maximum Gasteiger partial charge on any atom is 0.317 e. The monoisotopic (exact) mass is 340 g/mol. The Bertz CT molecular complexity index is 590. The molecule has 2 fully saturated rings. The van der Waals surface area contributed by atoms with Crippen molar-refractivity contribution in [2.45, 2.75) is 32.2 Å². The number of hydrogen-bond acceptors (Lipinski definition) is 2. The maximum absolute atomic E-state index is 13.1. The average molecular weight is 341 g/mol. The number of hydrogen-bond donors (Lipinski definition) is 1. The molecule has 1 N–H and O–H groups in total. The second kappa shape index (κ2) is 6.65. The summed E-state index contributed by atoms with van der Waals surface area (Å²) in [5.74, 6) is -0.377. The summed E-state index contributed by atoms with van der Waals surface area (Å²) in [6.45, 7) is 4.99. The van der Waals surface area contributed by atoms with Gasteiger partial charge < -0.3 is 15.0 Å². The van der Waals surface area contributed by atoms with Crippen LogP contribution in [-0.2, 0) is 4.74 Å². The standard InChI is InChI=1S/C17H22ClFN2O2/c1-12(14-3-2-13(19)10-15(14)18)20-16(22)21-7-4-17(11-21)5-8-23-9-6-17/h2-3,10,12H,4-9,11H2,1H3,(H,20,22)/t12-/m0/s1. The number of rotatable bonds is 2. The molecule has 1 atom stereocenters. The molecular weight excluding hydrogens is 319 g/mol. The van der Waals surface area contributed by atoms with Gasteiger partial charge in [-0.3, -0.25) is 0 Å². The smallest absolute Gasteiger partial charge is 0.317 e. The molecule has 126 valence electrons. The first-order valence-electron chi connectivity index (χ1n) is 8.07. The van der Waals surface area contributed by atoms with Crippen LogP contribution in [-0.4, -0.2) is 37.2 Å². The number of likely N-dealkylation sites (tertiary alicyclic amines) is 1. The Morgan fingerprint density at radius 3 is 2.83 bits per heavy atom. The summed E-state index contributed by atoms with van der Waals surface area (Å²) < 4.78 is 18.6. The highest BCUT2D eigenvalue weighted by Crippen LogP contribution is 2.39. The molecule has 0 bridgehead atoms. The van der Waals surface area contributed by atoms with Crippen molar-refractivity contribution in [1.29, 1.82) is 0 Å². The number of urea groups is 1. The Hall–Kier alpha value is -1.33. The van der Waals surface area contributed by atoms with Crippen molar-refractivity contribution in [3.8, 4) is 0 Å². The van der Waals surface area contributed by atoms with Gasteiger partial charge in [0.05, 0.1) is 6.04 Å². The molecule has 0 saturated carbocycles. The van der Waals surface area contributed by atoms with E-state index in [9.17, 15) is 9.18 Å². The topological polar surface area (TPSA) is 41.6 Å². The second-order valence-electron chi connectivity index (χ2n) is 6.62. The van der Waals surface area contributed by atoms with E-state index in [1.807, 2.05) is 11.8 Å². The lowest BCUT2D eigenvalue weighted by Gasteiger charge is -2.33. The molecule has 1 aromatic rings. The van der Waals surface area contributed by atoms with Gasteiger partial charge in [-0.15, -0.1) is 0 Å². The number of halogens is 2. The first-order chi connectivity index (χ1) is 11.0. The first-order valence-corrected chi connectivity index (χ1v) is 8.45. The Morgan fingerprint density at radius 1 is 1.39 bits per heavy atom. The van der Waals surface area contributed by atoms with Gasteiger partial charge in [-0.25, -0.2) is 9.18 Å². The van der Waals surface area contributed by atoms with Gasteiger partial charge in [0.15, 0.2) is 0 Å². The molecular formula is C17H22ClFN2O2. The van der Waals surface area contributed by atoms with E-state index in [1.165, 1.54) is 12.1 Å². The highest BCUT2D eigenvalue weighted by atomic mass is 35.5. The quantitative estimate of drug-likeness (QED) is 0.890. The molecule has 6 heteroatoms. The molecule has 1 spiro atoms. The van der Waals surface area contributed by atoms with Crippen LogP contribution in [0.4, 0.5) is 9.18 Å². The largest absolute Gasteiger partial charge is 0.381 e. The van der Waals surface area contributed by atoms with Gasteiger partial charge in [0.25, 0.3) is 0 Å². The molecule has 2 aliphatic heterocycles. The summed E-state index contributed by atoms with van der Waals surface area (Å²) in [6.07, 6.45) is 3.09. The normalized spacial score (nSPS) is 21.4. The van der Waals surface area contributed by atoms with Gasteiger partial charge in [-0.2, -0.15) is 0 Å². The fourth-order valence-electron chi connectivity index (χ4n) is 3.53. The number of carbonyl (C=O) groups is 1. The molecule has 1 aromatic carbocycles. The summed E-state index contributed by atoms with van der Waals surface area (Å²) in [6, 6.07) is 3.90. The molecule has 0 aliphatic carbocycles. The van der Waals surface area contributed by atoms with Crippen LogP contribution in [0.25, 0.3) is 0 Å². The molecule has 2 saturated heterocycles. The molecule has 4 nitrogen and oxygen atoms in total. The third kappa shape index (κ3) is 3.61. The zero-order valence-corrected chi connectivity index (χ0v) is 14.0. The van der Waals surface area contributed by atoms with E-state index < -0.39 is 0 Å². The van der Waals surface area contributed by atoms with Crippen LogP contribution in [0.5, 0.6) is 0 Å². The van der Waals surface area contributed by atoms with Crippen molar-refractivity contribution in [3.05, 3.63) is 34.6 Å². The molecule has 23 heavy (non-hydrogen) atoms. The predicted molar refractivity (Wildman–Crippen MR) is 87.0 cm³/mol. The van der Waals surface area contributed by atoms with Gasteiger partial charge in [-0.05, 0) is 49.3 Å². The van der Waals surface area contributed by atoms with Crippen molar-refractivity contribution in [2.75, 3.05) is 26.3 Å². The summed E-state index contributed by atoms with van der Waals surface area (Å²) in [7, 11) is 0. The van der Waals surface area contributed by atoms with E-state index in [2.05, 4.69) is 5.32 Å². The van der Waals surface area contributed by atoms with Crippen LogP contribution in [0.2, 0.25) is 5.02 Å². The van der Waals surface area contributed by atoms with Crippen LogP contribution >= 0.6 is 11.6 Å². The van der Waals surface area contributed by atoms with Crippen molar-refractivity contribution in [3.63, 3.8) is 0 Å². The van der Waals surface area contributed by atoms with Crippen LogP contribution in [0.3, 0.4) is 0 Å². The third-order valence-corrected chi connectivity index (χ3v) is 5.38. The first kappa shape index (κ1) is 16.5. The SMILES string of the molecule is C[C@H](NC(=O)N1CCC2(CCOCC2)C1)c1ccc(F)cc1Cl. The van der Waals surface area contributed by atoms with Gasteiger partial charge in [-0.1, -0.05) is 17.7 Å². The molecule has 0 aromatic heterocycles. The maximum atomic E-state index is 13.1. The lowest BCUT2D eigenvalue weighted by Crippen LogP contribution is -2.42. The molecule has 2 heterocycles. The minimum Gasteiger partial charge on any atom is -0.381 e. The van der Waals surface area contributed by atoms with Crippen LogP contribution in [0.1, 0.15) is 37.8 Å². The van der Waals surface area contributed by atoms with Crippen molar-refractivity contribution in [1.82, 2.24) is 10.2 Å².